The summed E-state index contributed by atoms with van der Waals surface area (Å²) in [6.45, 7) is 4.32. The van der Waals surface area contributed by atoms with E-state index < -0.39 is 28.4 Å². The Morgan fingerprint density at radius 2 is 1.68 bits per heavy atom. The number of carbonyl (C=O) groups excluding carboxylic acids is 2. The fraction of sp³-hybridized carbons (Fsp3) is 0.364. The first-order valence-electron chi connectivity index (χ1n) is 9.84. The zero-order valence-corrected chi connectivity index (χ0v) is 18.3. The van der Waals surface area contributed by atoms with Crippen LogP contribution in [0.4, 0.5) is 0 Å². The molecule has 0 bridgehead atoms. The molecule has 8 nitrogen and oxygen atoms in total. The molecule has 1 aliphatic rings. The lowest BCUT2D eigenvalue weighted by atomic mass is 10.1. The first kappa shape index (κ1) is 22.9. The molecular formula is C22H25NO7S. The molecule has 0 atom stereocenters. The van der Waals surface area contributed by atoms with Gasteiger partial charge >= 0.3 is 5.97 Å². The Balaban J connectivity index is 1.52. The Kier molecular flexibility index (Phi) is 7.42. The van der Waals surface area contributed by atoms with Crippen LogP contribution in [0, 0.1) is 13.8 Å². The number of carbonyl (C=O) groups is 2. The number of sulfonamides is 1. The number of rotatable bonds is 8. The van der Waals surface area contributed by atoms with Crippen LogP contribution in [-0.4, -0.2) is 64.0 Å². The molecule has 31 heavy (non-hydrogen) atoms. The Morgan fingerprint density at radius 1 is 1.00 bits per heavy atom. The molecule has 9 heteroatoms. The molecule has 0 aromatic heterocycles. The van der Waals surface area contributed by atoms with E-state index in [1.165, 1.54) is 28.6 Å². The lowest BCUT2D eigenvalue weighted by Gasteiger charge is -2.26. The SMILES string of the molecule is Cc1ccc(C)c(OCC(=O)OCC(=O)c2ccc(S(=O)(=O)N3CCOCC3)cc2)c1. The van der Waals surface area contributed by atoms with Crippen molar-refractivity contribution in [2.45, 2.75) is 18.7 Å². The van der Waals surface area contributed by atoms with Crippen molar-refractivity contribution in [2.75, 3.05) is 39.5 Å². The second-order valence-electron chi connectivity index (χ2n) is 7.18. The van der Waals surface area contributed by atoms with E-state index in [1.54, 1.807) is 0 Å². The third kappa shape index (κ3) is 5.90. The van der Waals surface area contributed by atoms with Gasteiger partial charge in [-0.05, 0) is 55.3 Å². The van der Waals surface area contributed by atoms with Gasteiger partial charge in [-0.2, -0.15) is 4.31 Å². The molecule has 0 aliphatic carbocycles. The molecule has 1 aliphatic heterocycles. The summed E-state index contributed by atoms with van der Waals surface area (Å²) in [5, 5.41) is 0. The fourth-order valence-corrected chi connectivity index (χ4v) is 4.43. The van der Waals surface area contributed by atoms with Crippen molar-refractivity contribution < 1.29 is 32.2 Å². The highest BCUT2D eigenvalue weighted by Crippen LogP contribution is 2.19. The lowest BCUT2D eigenvalue weighted by Crippen LogP contribution is -2.40. The maximum Gasteiger partial charge on any atom is 0.344 e. The predicted octanol–water partition coefficient (Wildman–Crippen LogP) is 2.13. The zero-order valence-electron chi connectivity index (χ0n) is 17.5. The second kappa shape index (κ2) is 10.0. The zero-order chi connectivity index (χ0) is 22.4. The number of ether oxygens (including phenoxy) is 3. The normalized spacial score (nSPS) is 14.8. The van der Waals surface area contributed by atoms with Gasteiger partial charge in [-0.15, -0.1) is 0 Å². The number of benzene rings is 2. The van der Waals surface area contributed by atoms with Gasteiger partial charge in [0, 0.05) is 18.7 Å². The first-order chi connectivity index (χ1) is 14.8. The average Bonchev–Trinajstić information content (AvgIpc) is 2.78. The van der Waals surface area contributed by atoms with Crippen molar-refractivity contribution >= 4 is 21.8 Å². The molecule has 1 saturated heterocycles. The van der Waals surface area contributed by atoms with Crippen molar-refractivity contribution in [2.24, 2.45) is 0 Å². The maximum atomic E-state index is 12.6. The average molecular weight is 448 g/mol. The minimum absolute atomic E-state index is 0.102. The molecule has 0 radical (unpaired) electrons. The quantitative estimate of drug-likeness (QED) is 0.451. The molecule has 0 unspecified atom stereocenters. The number of esters is 1. The second-order valence-corrected chi connectivity index (χ2v) is 9.12. The van der Waals surface area contributed by atoms with Gasteiger partial charge in [0.05, 0.1) is 18.1 Å². The van der Waals surface area contributed by atoms with E-state index in [2.05, 4.69) is 0 Å². The van der Waals surface area contributed by atoms with Gasteiger partial charge in [-0.1, -0.05) is 12.1 Å². The number of Topliss-reactive ketones (excluding diaryl/α,β-unsaturated/α-hetero) is 1. The maximum absolute atomic E-state index is 12.6. The Hall–Kier alpha value is -2.75. The highest BCUT2D eigenvalue weighted by molar-refractivity contribution is 7.89. The number of nitrogens with zero attached hydrogens (tertiary/aromatic N) is 1. The van der Waals surface area contributed by atoms with Crippen molar-refractivity contribution in [1.29, 1.82) is 0 Å². The van der Waals surface area contributed by atoms with Crippen LogP contribution in [0.25, 0.3) is 0 Å². The number of aryl methyl sites for hydroxylation is 2. The van der Waals surface area contributed by atoms with E-state index in [9.17, 15) is 18.0 Å². The molecule has 0 N–H and O–H groups in total. The topological polar surface area (TPSA) is 99.2 Å². The molecule has 1 heterocycles. The first-order valence-corrected chi connectivity index (χ1v) is 11.3. The summed E-state index contributed by atoms with van der Waals surface area (Å²) in [5.41, 5.74) is 2.15. The number of hydrogen-bond donors (Lipinski definition) is 0. The lowest BCUT2D eigenvalue weighted by molar-refractivity contribution is -0.144. The van der Waals surface area contributed by atoms with E-state index >= 15 is 0 Å². The van der Waals surface area contributed by atoms with Crippen molar-refractivity contribution in [3.63, 3.8) is 0 Å². The molecule has 2 aromatic rings. The largest absolute Gasteiger partial charge is 0.482 e. The van der Waals surface area contributed by atoms with Gasteiger partial charge in [0.1, 0.15) is 5.75 Å². The van der Waals surface area contributed by atoms with Crippen LogP contribution in [0.1, 0.15) is 21.5 Å². The Morgan fingerprint density at radius 3 is 2.35 bits per heavy atom. The molecule has 0 amide bonds. The summed E-state index contributed by atoms with van der Waals surface area (Å²) in [4.78, 5) is 24.3. The third-order valence-electron chi connectivity index (χ3n) is 4.84. The molecule has 0 spiro atoms. The molecule has 166 valence electrons. The van der Waals surface area contributed by atoms with Crippen molar-refractivity contribution in [3.8, 4) is 5.75 Å². The highest BCUT2D eigenvalue weighted by atomic mass is 32.2. The number of morpholine rings is 1. The molecule has 3 rings (SSSR count). The highest BCUT2D eigenvalue weighted by Gasteiger charge is 2.26. The summed E-state index contributed by atoms with van der Waals surface area (Å²) in [5.74, 6) is -0.517. The van der Waals surface area contributed by atoms with Gasteiger partial charge in [0.2, 0.25) is 10.0 Å². The summed E-state index contributed by atoms with van der Waals surface area (Å²) in [7, 11) is -3.63. The van der Waals surface area contributed by atoms with Gasteiger partial charge in [-0.25, -0.2) is 13.2 Å². The van der Waals surface area contributed by atoms with Gasteiger partial charge in [0.25, 0.3) is 0 Å². The van der Waals surface area contributed by atoms with E-state index in [0.29, 0.717) is 32.1 Å². The smallest absolute Gasteiger partial charge is 0.344 e. The van der Waals surface area contributed by atoms with Crippen LogP contribution < -0.4 is 4.74 Å². The predicted molar refractivity (Wildman–Crippen MR) is 113 cm³/mol. The van der Waals surface area contributed by atoms with Crippen LogP contribution in [0.5, 0.6) is 5.75 Å². The third-order valence-corrected chi connectivity index (χ3v) is 6.75. The number of hydrogen-bond acceptors (Lipinski definition) is 7. The minimum atomic E-state index is -3.63. The Labute approximate surface area is 181 Å². The standard InChI is InChI=1S/C22H25NO7S/c1-16-3-4-17(2)21(13-16)29-15-22(25)30-14-20(24)18-5-7-19(8-6-18)31(26,27)23-9-11-28-12-10-23/h3-8,13H,9-12,14-15H2,1-2H3. The fourth-order valence-electron chi connectivity index (χ4n) is 3.02. The van der Waals surface area contributed by atoms with E-state index in [4.69, 9.17) is 14.2 Å². The summed E-state index contributed by atoms with van der Waals surface area (Å²) in [6.07, 6.45) is 0. The van der Waals surface area contributed by atoms with Crippen LogP contribution in [0.2, 0.25) is 0 Å². The molecular weight excluding hydrogens is 422 g/mol. The molecule has 2 aromatic carbocycles. The van der Waals surface area contributed by atoms with Crippen molar-refractivity contribution in [3.05, 3.63) is 59.2 Å². The summed E-state index contributed by atoms with van der Waals surface area (Å²) in [6, 6.07) is 11.2. The molecule has 1 fully saturated rings. The van der Waals surface area contributed by atoms with Gasteiger partial charge < -0.3 is 14.2 Å². The van der Waals surface area contributed by atoms with E-state index in [-0.39, 0.29) is 17.1 Å². The van der Waals surface area contributed by atoms with Crippen LogP contribution >= 0.6 is 0 Å². The van der Waals surface area contributed by atoms with E-state index in [0.717, 1.165) is 11.1 Å². The number of ketones is 1. The summed E-state index contributed by atoms with van der Waals surface area (Å²) >= 11 is 0. The Bertz CT molecular complexity index is 1040. The van der Waals surface area contributed by atoms with Crippen LogP contribution in [-0.2, 0) is 24.3 Å². The van der Waals surface area contributed by atoms with Crippen LogP contribution in [0.3, 0.4) is 0 Å². The van der Waals surface area contributed by atoms with Crippen LogP contribution in [0.15, 0.2) is 47.4 Å². The minimum Gasteiger partial charge on any atom is -0.482 e. The van der Waals surface area contributed by atoms with Gasteiger partial charge in [-0.3, -0.25) is 4.79 Å². The van der Waals surface area contributed by atoms with E-state index in [1.807, 2.05) is 32.0 Å². The monoisotopic (exact) mass is 447 g/mol. The van der Waals surface area contributed by atoms with Crippen molar-refractivity contribution in [1.82, 2.24) is 4.31 Å². The van der Waals surface area contributed by atoms with Gasteiger partial charge in [0.15, 0.2) is 19.0 Å². The summed E-state index contributed by atoms with van der Waals surface area (Å²) < 4.78 is 42.2. The molecule has 0 saturated carbocycles.